The van der Waals surface area contributed by atoms with Crippen molar-refractivity contribution in [3.63, 3.8) is 0 Å². The summed E-state index contributed by atoms with van der Waals surface area (Å²) < 4.78 is 27.8. The van der Waals surface area contributed by atoms with Crippen molar-refractivity contribution in [2.75, 3.05) is 6.61 Å². The molecule has 2 saturated carbocycles. The van der Waals surface area contributed by atoms with Crippen molar-refractivity contribution in [3.8, 4) is 11.8 Å². The fraction of sp³-hybridized carbons (Fsp3) is 0.500. The average Bonchev–Trinajstić information content (AvgIpc) is 3.36. The van der Waals surface area contributed by atoms with Crippen molar-refractivity contribution in [1.82, 2.24) is 4.72 Å². The van der Waals surface area contributed by atoms with Crippen LogP contribution >= 0.6 is 0 Å². The molecular formula is C16H19NO3S. The summed E-state index contributed by atoms with van der Waals surface area (Å²) in [5, 5.41) is 8.65. The standard InChI is InChI=1S/C16H19NO3S/c18-11-1-2-12-3-9-15(10-4-12)21(19,20)17-16(13-5-6-13)14-7-8-14/h3-4,9-10,13-14,16-18H,5-8,11H2. The zero-order valence-corrected chi connectivity index (χ0v) is 12.6. The van der Waals surface area contributed by atoms with E-state index in [1.54, 1.807) is 24.3 Å². The van der Waals surface area contributed by atoms with Gasteiger partial charge in [-0.3, -0.25) is 0 Å². The number of aliphatic hydroxyl groups is 1. The Morgan fingerprint density at radius 2 is 1.71 bits per heavy atom. The molecule has 0 aromatic heterocycles. The van der Waals surface area contributed by atoms with Gasteiger partial charge in [-0.2, -0.15) is 0 Å². The van der Waals surface area contributed by atoms with Gasteiger partial charge in [-0.25, -0.2) is 13.1 Å². The number of rotatable bonds is 5. The van der Waals surface area contributed by atoms with Crippen LogP contribution < -0.4 is 4.72 Å². The van der Waals surface area contributed by atoms with Crippen molar-refractivity contribution < 1.29 is 13.5 Å². The average molecular weight is 305 g/mol. The van der Waals surface area contributed by atoms with Gasteiger partial charge in [-0.1, -0.05) is 11.8 Å². The van der Waals surface area contributed by atoms with Crippen LogP contribution in [0.1, 0.15) is 31.2 Å². The molecule has 0 spiro atoms. The molecule has 0 aliphatic heterocycles. The van der Waals surface area contributed by atoms with E-state index in [9.17, 15) is 8.42 Å². The Kier molecular flexibility index (Phi) is 4.03. The van der Waals surface area contributed by atoms with Gasteiger partial charge in [0.05, 0.1) is 4.90 Å². The van der Waals surface area contributed by atoms with Crippen LogP contribution in [0, 0.1) is 23.7 Å². The smallest absolute Gasteiger partial charge is 0.240 e. The Hall–Kier alpha value is -1.35. The van der Waals surface area contributed by atoms with Gasteiger partial charge < -0.3 is 5.11 Å². The second-order valence-corrected chi connectivity index (χ2v) is 7.52. The van der Waals surface area contributed by atoms with E-state index in [1.807, 2.05) is 0 Å². The molecule has 0 radical (unpaired) electrons. The molecular weight excluding hydrogens is 286 g/mol. The minimum absolute atomic E-state index is 0.115. The summed E-state index contributed by atoms with van der Waals surface area (Å²) in [6.45, 7) is -0.202. The Morgan fingerprint density at radius 1 is 1.14 bits per heavy atom. The molecule has 1 aromatic rings. The summed E-state index contributed by atoms with van der Waals surface area (Å²) in [4.78, 5) is 0.281. The van der Waals surface area contributed by atoms with E-state index < -0.39 is 10.0 Å². The van der Waals surface area contributed by atoms with E-state index in [0.717, 1.165) is 25.7 Å². The van der Waals surface area contributed by atoms with Crippen LogP contribution in [0.3, 0.4) is 0 Å². The molecule has 0 amide bonds. The molecule has 0 unspecified atom stereocenters. The zero-order valence-electron chi connectivity index (χ0n) is 11.7. The van der Waals surface area contributed by atoms with Crippen LogP contribution in [-0.4, -0.2) is 26.2 Å². The molecule has 0 atom stereocenters. The van der Waals surface area contributed by atoms with Crippen LogP contribution in [0.15, 0.2) is 29.2 Å². The van der Waals surface area contributed by atoms with E-state index in [1.165, 1.54) is 0 Å². The van der Waals surface area contributed by atoms with Crippen molar-refractivity contribution in [3.05, 3.63) is 29.8 Å². The first-order valence-corrected chi connectivity index (χ1v) is 8.80. The van der Waals surface area contributed by atoms with Gasteiger partial charge in [-0.05, 0) is 61.8 Å². The maximum Gasteiger partial charge on any atom is 0.240 e. The molecule has 21 heavy (non-hydrogen) atoms. The Balaban J connectivity index is 1.74. The first kappa shape index (κ1) is 14.6. The van der Waals surface area contributed by atoms with Crippen molar-refractivity contribution >= 4 is 10.0 Å². The Morgan fingerprint density at radius 3 is 2.19 bits per heavy atom. The van der Waals surface area contributed by atoms with E-state index in [4.69, 9.17) is 5.11 Å². The summed E-state index contributed by atoms with van der Waals surface area (Å²) in [5.74, 6) is 6.36. The number of benzene rings is 1. The van der Waals surface area contributed by atoms with E-state index >= 15 is 0 Å². The minimum atomic E-state index is -3.45. The van der Waals surface area contributed by atoms with Crippen LogP contribution in [0.4, 0.5) is 0 Å². The maximum atomic E-state index is 12.4. The summed E-state index contributed by atoms with van der Waals surface area (Å²) >= 11 is 0. The SMILES string of the molecule is O=S(=O)(NC(C1CC1)C1CC1)c1ccc(C#CCO)cc1. The molecule has 0 heterocycles. The third-order valence-electron chi connectivity index (χ3n) is 4.03. The summed E-state index contributed by atoms with van der Waals surface area (Å²) in [7, 11) is -3.45. The first-order chi connectivity index (χ1) is 10.1. The number of nitrogens with one attached hydrogen (secondary N) is 1. The van der Waals surface area contributed by atoms with Crippen LogP contribution in [0.25, 0.3) is 0 Å². The molecule has 2 N–H and O–H groups in total. The van der Waals surface area contributed by atoms with Crippen molar-refractivity contribution in [2.45, 2.75) is 36.6 Å². The van der Waals surface area contributed by atoms with Crippen LogP contribution in [0.5, 0.6) is 0 Å². The topological polar surface area (TPSA) is 66.4 Å². The van der Waals surface area contributed by atoms with Crippen LogP contribution in [-0.2, 0) is 10.0 Å². The van der Waals surface area contributed by atoms with Gasteiger partial charge in [0.1, 0.15) is 6.61 Å². The number of sulfonamides is 1. The second-order valence-electron chi connectivity index (χ2n) is 5.81. The highest BCUT2D eigenvalue weighted by Crippen LogP contribution is 2.45. The number of aliphatic hydroxyl groups excluding tert-OH is 1. The first-order valence-electron chi connectivity index (χ1n) is 7.32. The summed E-state index contributed by atoms with van der Waals surface area (Å²) in [5.41, 5.74) is 0.698. The lowest BCUT2D eigenvalue weighted by molar-refractivity contribution is 0.350. The van der Waals surface area contributed by atoms with Gasteiger partial charge in [0.25, 0.3) is 0 Å². The minimum Gasteiger partial charge on any atom is -0.384 e. The number of hydrogen-bond acceptors (Lipinski definition) is 3. The third kappa shape index (κ3) is 3.65. The van der Waals surface area contributed by atoms with Gasteiger partial charge in [0.2, 0.25) is 10.0 Å². The van der Waals surface area contributed by atoms with E-state index in [-0.39, 0.29) is 17.5 Å². The second kappa shape index (κ2) is 5.80. The molecule has 0 saturated heterocycles. The molecule has 1 aromatic carbocycles. The zero-order chi connectivity index (χ0) is 14.9. The molecule has 112 valence electrons. The molecule has 2 aliphatic carbocycles. The molecule has 5 heteroatoms. The van der Waals surface area contributed by atoms with E-state index in [2.05, 4.69) is 16.6 Å². The van der Waals surface area contributed by atoms with Gasteiger partial charge >= 0.3 is 0 Å². The highest BCUT2D eigenvalue weighted by molar-refractivity contribution is 7.89. The third-order valence-corrected chi connectivity index (χ3v) is 5.50. The van der Waals surface area contributed by atoms with Crippen molar-refractivity contribution in [2.24, 2.45) is 11.8 Å². The Bertz CT molecular complexity index is 650. The Labute approximate surface area is 125 Å². The molecule has 2 fully saturated rings. The lowest BCUT2D eigenvalue weighted by atomic mass is 10.1. The number of hydrogen-bond donors (Lipinski definition) is 2. The van der Waals surface area contributed by atoms with Gasteiger partial charge in [0.15, 0.2) is 0 Å². The quantitative estimate of drug-likeness (QED) is 0.810. The predicted molar refractivity (Wildman–Crippen MR) is 80.0 cm³/mol. The largest absolute Gasteiger partial charge is 0.384 e. The fourth-order valence-electron chi connectivity index (χ4n) is 2.59. The van der Waals surface area contributed by atoms with Crippen LogP contribution in [0.2, 0.25) is 0 Å². The predicted octanol–water partition coefficient (Wildman–Crippen LogP) is 1.50. The van der Waals surface area contributed by atoms with Crippen molar-refractivity contribution in [1.29, 1.82) is 0 Å². The van der Waals surface area contributed by atoms with Gasteiger partial charge in [-0.15, -0.1) is 0 Å². The fourth-order valence-corrected chi connectivity index (χ4v) is 3.97. The molecule has 0 bridgehead atoms. The molecule has 4 nitrogen and oxygen atoms in total. The lowest BCUT2D eigenvalue weighted by Crippen LogP contribution is -2.38. The van der Waals surface area contributed by atoms with E-state index in [0.29, 0.717) is 17.4 Å². The lowest BCUT2D eigenvalue weighted by Gasteiger charge is -2.17. The molecule has 3 rings (SSSR count). The highest BCUT2D eigenvalue weighted by atomic mass is 32.2. The summed E-state index contributed by atoms with van der Waals surface area (Å²) in [6, 6.07) is 6.59. The van der Waals surface area contributed by atoms with Gasteiger partial charge in [0, 0.05) is 11.6 Å². The highest BCUT2D eigenvalue weighted by Gasteiger charge is 2.43. The monoisotopic (exact) mass is 305 g/mol. The summed E-state index contributed by atoms with van der Waals surface area (Å²) in [6.07, 6.45) is 4.55. The molecule has 2 aliphatic rings. The normalized spacial score (nSPS) is 18.4. The maximum absolute atomic E-state index is 12.4.